The number of thiazole rings is 1. The minimum Gasteiger partial charge on any atom is -0.462 e. The van der Waals surface area contributed by atoms with Crippen LogP contribution in [0.4, 0.5) is 5.82 Å². The number of carbonyl (C=O) groups is 1. The van der Waals surface area contributed by atoms with E-state index < -0.39 is 0 Å². The summed E-state index contributed by atoms with van der Waals surface area (Å²) >= 11 is 1.46. The maximum absolute atomic E-state index is 12.2. The third kappa shape index (κ3) is 4.48. The van der Waals surface area contributed by atoms with Gasteiger partial charge in [0.1, 0.15) is 0 Å². The minimum absolute atomic E-state index is 0.148. The van der Waals surface area contributed by atoms with Crippen LogP contribution in [-0.2, 0) is 24.2 Å². The van der Waals surface area contributed by atoms with Gasteiger partial charge in [-0.1, -0.05) is 0 Å². The zero-order chi connectivity index (χ0) is 18.5. The summed E-state index contributed by atoms with van der Waals surface area (Å²) in [4.78, 5) is 20.7. The molecule has 0 aliphatic heterocycles. The lowest BCUT2D eigenvalue weighted by atomic mass is 10.2. The van der Waals surface area contributed by atoms with Gasteiger partial charge in [0, 0.05) is 36.6 Å². The Morgan fingerprint density at radius 1 is 1.22 bits per heavy atom. The highest BCUT2D eigenvalue weighted by atomic mass is 32.1. The van der Waals surface area contributed by atoms with Crippen molar-refractivity contribution < 1.29 is 9.21 Å². The van der Waals surface area contributed by atoms with E-state index in [1.807, 2.05) is 40.5 Å². The molecule has 0 aliphatic rings. The Labute approximate surface area is 159 Å². The summed E-state index contributed by atoms with van der Waals surface area (Å²) in [6.07, 6.45) is 8.07. The van der Waals surface area contributed by atoms with Crippen molar-refractivity contribution in [2.45, 2.75) is 19.4 Å². The number of nitrogens with one attached hydrogen (secondary N) is 1. The van der Waals surface area contributed by atoms with E-state index in [2.05, 4.69) is 20.4 Å². The summed E-state index contributed by atoms with van der Waals surface area (Å²) in [5.74, 6) is 1.10. The molecule has 0 spiro atoms. The fourth-order valence-electron chi connectivity index (χ4n) is 2.60. The van der Waals surface area contributed by atoms with Crippen LogP contribution in [-0.4, -0.2) is 25.7 Å². The van der Waals surface area contributed by atoms with Gasteiger partial charge in [0.2, 0.25) is 5.91 Å². The lowest BCUT2D eigenvalue weighted by Gasteiger charge is -2.02. The van der Waals surface area contributed by atoms with E-state index in [4.69, 9.17) is 4.42 Å². The molecule has 0 saturated carbocycles. The van der Waals surface area contributed by atoms with Crippen molar-refractivity contribution in [1.29, 1.82) is 0 Å². The molecule has 4 aromatic rings. The van der Waals surface area contributed by atoms with Crippen LogP contribution in [0.1, 0.15) is 11.3 Å². The molecule has 4 aromatic heterocycles. The van der Waals surface area contributed by atoms with Crippen molar-refractivity contribution in [1.82, 2.24) is 19.7 Å². The van der Waals surface area contributed by atoms with Gasteiger partial charge in [0.25, 0.3) is 0 Å². The summed E-state index contributed by atoms with van der Waals surface area (Å²) in [7, 11) is 0. The molecule has 0 fully saturated rings. The second kappa shape index (κ2) is 7.96. The van der Waals surface area contributed by atoms with Gasteiger partial charge in [0.05, 0.1) is 18.4 Å². The van der Waals surface area contributed by atoms with Crippen LogP contribution in [0.3, 0.4) is 0 Å². The van der Waals surface area contributed by atoms with Crippen LogP contribution >= 0.6 is 11.3 Å². The molecular weight excluding hydrogens is 362 g/mol. The first-order valence-corrected chi connectivity index (χ1v) is 9.35. The van der Waals surface area contributed by atoms with Crippen LogP contribution in [0.2, 0.25) is 0 Å². The van der Waals surface area contributed by atoms with E-state index in [0.29, 0.717) is 17.3 Å². The minimum atomic E-state index is -0.148. The molecule has 4 rings (SSSR count). The first-order valence-electron chi connectivity index (χ1n) is 8.47. The largest absolute Gasteiger partial charge is 0.462 e. The number of pyridine rings is 1. The molecular formula is C19H17N5O2S. The Morgan fingerprint density at radius 3 is 2.93 bits per heavy atom. The number of furan rings is 1. The second-order valence-electron chi connectivity index (χ2n) is 5.92. The molecule has 0 radical (unpaired) electrons. The number of nitrogens with zero attached hydrogens (tertiary/aromatic N) is 4. The second-order valence-corrected chi connectivity index (χ2v) is 6.77. The maximum Gasteiger partial charge on any atom is 0.231 e. The molecule has 0 saturated heterocycles. The highest BCUT2D eigenvalue weighted by molar-refractivity contribution is 7.13. The highest BCUT2D eigenvalue weighted by Gasteiger charge is 2.11. The third-order valence-electron chi connectivity index (χ3n) is 3.91. The van der Waals surface area contributed by atoms with Crippen molar-refractivity contribution >= 4 is 23.1 Å². The van der Waals surface area contributed by atoms with Gasteiger partial charge in [0.15, 0.2) is 16.6 Å². The van der Waals surface area contributed by atoms with Crippen LogP contribution < -0.4 is 5.32 Å². The molecule has 1 amide bonds. The first-order chi connectivity index (χ1) is 13.3. The van der Waals surface area contributed by atoms with E-state index in [0.717, 1.165) is 18.0 Å². The quantitative estimate of drug-likeness (QED) is 0.532. The molecule has 0 bridgehead atoms. The Hall–Kier alpha value is -3.26. The molecule has 7 nitrogen and oxygen atoms in total. The van der Waals surface area contributed by atoms with Crippen molar-refractivity contribution in [3.63, 3.8) is 0 Å². The van der Waals surface area contributed by atoms with Gasteiger partial charge in [-0.3, -0.25) is 14.5 Å². The van der Waals surface area contributed by atoms with Gasteiger partial charge in [-0.05, 0) is 36.2 Å². The molecule has 0 unspecified atom stereocenters. The molecule has 0 atom stereocenters. The molecule has 0 aliphatic carbocycles. The fourth-order valence-corrected chi connectivity index (χ4v) is 3.39. The Bertz CT molecular complexity index is 1010. The number of rotatable bonds is 7. The number of anilines is 1. The van der Waals surface area contributed by atoms with Crippen LogP contribution in [0.5, 0.6) is 0 Å². The average Bonchev–Trinajstić information content (AvgIpc) is 3.42. The molecule has 27 heavy (non-hydrogen) atoms. The lowest BCUT2D eigenvalue weighted by Crippen LogP contribution is -2.15. The van der Waals surface area contributed by atoms with Crippen LogP contribution in [0.15, 0.2) is 65.0 Å². The number of aromatic nitrogens is 4. The van der Waals surface area contributed by atoms with Gasteiger partial charge in [-0.2, -0.15) is 5.10 Å². The van der Waals surface area contributed by atoms with E-state index >= 15 is 0 Å². The fraction of sp³-hybridized carbons (Fsp3) is 0.158. The standard InChI is InChI=1S/C19H17N5O2S/c25-18(12-15-13-27-19(21-15)16-2-1-11-26-16)22-17-6-10-24(23-17)9-5-14-3-7-20-8-4-14/h1-4,6-8,10-11,13H,5,9,12H2,(H,22,23,25). The van der Waals surface area contributed by atoms with Crippen molar-refractivity contribution in [3.8, 4) is 10.8 Å². The van der Waals surface area contributed by atoms with Crippen molar-refractivity contribution in [2.24, 2.45) is 0 Å². The van der Waals surface area contributed by atoms with Gasteiger partial charge >= 0.3 is 0 Å². The summed E-state index contributed by atoms with van der Waals surface area (Å²) in [6.45, 7) is 0.735. The summed E-state index contributed by atoms with van der Waals surface area (Å²) in [5, 5.41) is 9.84. The number of aryl methyl sites for hydroxylation is 2. The van der Waals surface area contributed by atoms with E-state index in [1.54, 1.807) is 24.7 Å². The third-order valence-corrected chi connectivity index (χ3v) is 4.82. The van der Waals surface area contributed by atoms with E-state index in [9.17, 15) is 4.79 Å². The SMILES string of the molecule is O=C(Cc1csc(-c2ccco2)n1)Nc1ccn(CCc2ccncc2)n1. The first kappa shape index (κ1) is 17.2. The van der Waals surface area contributed by atoms with Gasteiger partial charge in [-0.15, -0.1) is 11.3 Å². The predicted octanol–water partition coefficient (Wildman–Crippen LogP) is 3.42. The smallest absolute Gasteiger partial charge is 0.231 e. The highest BCUT2D eigenvalue weighted by Crippen LogP contribution is 2.24. The molecule has 1 N–H and O–H groups in total. The zero-order valence-corrected chi connectivity index (χ0v) is 15.2. The Kier molecular flexibility index (Phi) is 5.06. The molecule has 136 valence electrons. The summed E-state index contributed by atoms with van der Waals surface area (Å²) < 4.78 is 7.14. The Morgan fingerprint density at radius 2 is 2.11 bits per heavy atom. The van der Waals surface area contributed by atoms with Gasteiger partial charge < -0.3 is 9.73 Å². The summed E-state index contributed by atoms with van der Waals surface area (Å²) in [6, 6.07) is 9.42. The topological polar surface area (TPSA) is 85.8 Å². The average molecular weight is 379 g/mol. The predicted molar refractivity (Wildman–Crippen MR) is 102 cm³/mol. The number of amides is 1. The van der Waals surface area contributed by atoms with Crippen molar-refractivity contribution in [3.05, 3.63) is 71.8 Å². The normalized spacial score (nSPS) is 10.8. The maximum atomic E-state index is 12.2. The molecule has 8 heteroatoms. The van der Waals surface area contributed by atoms with E-state index in [1.165, 1.54) is 16.9 Å². The monoisotopic (exact) mass is 379 g/mol. The van der Waals surface area contributed by atoms with Crippen molar-refractivity contribution in [2.75, 3.05) is 5.32 Å². The number of hydrogen-bond acceptors (Lipinski definition) is 6. The summed E-state index contributed by atoms with van der Waals surface area (Å²) in [5.41, 5.74) is 1.91. The molecule has 0 aromatic carbocycles. The molecule has 4 heterocycles. The Balaban J connectivity index is 1.30. The van der Waals surface area contributed by atoms with Crippen LogP contribution in [0, 0.1) is 0 Å². The van der Waals surface area contributed by atoms with E-state index in [-0.39, 0.29) is 12.3 Å². The lowest BCUT2D eigenvalue weighted by molar-refractivity contribution is -0.115. The number of hydrogen-bond donors (Lipinski definition) is 1. The number of carbonyl (C=O) groups excluding carboxylic acids is 1. The van der Waals surface area contributed by atoms with Crippen LogP contribution in [0.25, 0.3) is 10.8 Å². The zero-order valence-electron chi connectivity index (χ0n) is 14.4. The van der Waals surface area contributed by atoms with Gasteiger partial charge in [-0.25, -0.2) is 4.98 Å².